The topological polar surface area (TPSA) is 76.0 Å². The molecule has 1 heterocycles. The van der Waals surface area contributed by atoms with E-state index in [2.05, 4.69) is 15.7 Å². The molecule has 1 unspecified atom stereocenters. The fourth-order valence-corrected chi connectivity index (χ4v) is 3.41. The van der Waals surface area contributed by atoms with E-state index in [4.69, 9.17) is 11.6 Å². The molecule has 1 aromatic heterocycles. The van der Waals surface area contributed by atoms with E-state index in [1.807, 2.05) is 63.2 Å². The maximum absolute atomic E-state index is 12.8. The third-order valence-corrected chi connectivity index (χ3v) is 5.44. The smallest absolute Gasteiger partial charge is 0.255 e. The van der Waals surface area contributed by atoms with Gasteiger partial charge in [-0.25, -0.2) is 4.68 Å². The third-order valence-electron chi connectivity index (χ3n) is 5.21. The first-order chi connectivity index (χ1) is 14.9. The molecule has 162 valence electrons. The van der Waals surface area contributed by atoms with Crippen molar-refractivity contribution < 1.29 is 9.59 Å². The summed E-state index contributed by atoms with van der Waals surface area (Å²) in [5.41, 5.74) is 3.78. The Hall–Kier alpha value is -3.12. The standard InChI is InChI=1S/C24H27ClN4O2/c1-4-16(3)23(30)28-19-10-6-8-17(12-19)14-26-24(31)21-15-27-29(22(21)5-2)20-11-7-9-18(25)13-20/h6-13,15-16H,4-5,14H2,1-3H3,(H,26,31)(H,28,30). The van der Waals surface area contributed by atoms with Gasteiger partial charge in [-0.1, -0.05) is 50.6 Å². The van der Waals surface area contributed by atoms with Gasteiger partial charge in [-0.15, -0.1) is 0 Å². The number of carbonyl (C=O) groups excluding carboxylic acids is 2. The minimum Gasteiger partial charge on any atom is -0.348 e. The van der Waals surface area contributed by atoms with Crippen molar-refractivity contribution in [3.05, 3.63) is 76.6 Å². The van der Waals surface area contributed by atoms with E-state index >= 15 is 0 Å². The van der Waals surface area contributed by atoms with Gasteiger partial charge in [-0.05, 0) is 48.7 Å². The van der Waals surface area contributed by atoms with Crippen LogP contribution in [0.3, 0.4) is 0 Å². The highest BCUT2D eigenvalue weighted by molar-refractivity contribution is 6.30. The van der Waals surface area contributed by atoms with Crippen LogP contribution in [0.5, 0.6) is 0 Å². The number of carbonyl (C=O) groups is 2. The van der Waals surface area contributed by atoms with E-state index < -0.39 is 0 Å². The molecule has 3 rings (SSSR count). The summed E-state index contributed by atoms with van der Waals surface area (Å²) in [5.74, 6) is -0.254. The van der Waals surface area contributed by atoms with Gasteiger partial charge >= 0.3 is 0 Å². The summed E-state index contributed by atoms with van der Waals surface area (Å²) in [6.07, 6.45) is 3.01. The normalized spacial score (nSPS) is 11.7. The molecule has 0 fully saturated rings. The van der Waals surface area contributed by atoms with Crippen molar-refractivity contribution in [2.75, 3.05) is 5.32 Å². The van der Waals surface area contributed by atoms with Crippen molar-refractivity contribution in [1.29, 1.82) is 0 Å². The second kappa shape index (κ2) is 10.3. The van der Waals surface area contributed by atoms with Crippen LogP contribution in [0.1, 0.15) is 48.8 Å². The highest BCUT2D eigenvalue weighted by Crippen LogP contribution is 2.19. The maximum Gasteiger partial charge on any atom is 0.255 e. The lowest BCUT2D eigenvalue weighted by Gasteiger charge is -2.12. The van der Waals surface area contributed by atoms with Crippen molar-refractivity contribution >= 4 is 29.1 Å². The molecular weight excluding hydrogens is 412 g/mol. The summed E-state index contributed by atoms with van der Waals surface area (Å²) >= 11 is 6.10. The SMILES string of the molecule is CCc1c(C(=O)NCc2cccc(NC(=O)C(C)CC)c2)cnn1-c1cccc(Cl)c1. The molecule has 0 saturated heterocycles. The number of nitrogens with zero attached hydrogens (tertiary/aromatic N) is 2. The van der Waals surface area contributed by atoms with E-state index in [0.717, 1.165) is 29.1 Å². The second-order valence-corrected chi connectivity index (χ2v) is 7.87. The van der Waals surface area contributed by atoms with Crippen LogP contribution in [0.2, 0.25) is 5.02 Å². The number of anilines is 1. The summed E-state index contributed by atoms with van der Waals surface area (Å²) in [6.45, 7) is 6.21. The van der Waals surface area contributed by atoms with Gasteiger partial charge in [0.15, 0.2) is 0 Å². The molecule has 0 aliphatic heterocycles. The molecule has 2 amide bonds. The summed E-state index contributed by atoms with van der Waals surface area (Å²) in [5, 5.41) is 10.9. The zero-order valence-electron chi connectivity index (χ0n) is 18.0. The Labute approximate surface area is 187 Å². The number of benzene rings is 2. The Bertz CT molecular complexity index is 1080. The van der Waals surface area contributed by atoms with E-state index in [1.54, 1.807) is 16.9 Å². The number of hydrogen-bond donors (Lipinski definition) is 2. The molecule has 0 aliphatic carbocycles. The van der Waals surface area contributed by atoms with Crippen LogP contribution < -0.4 is 10.6 Å². The Balaban J connectivity index is 1.70. The van der Waals surface area contributed by atoms with Gasteiger partial charge < -0.3 is 10.6 Å². The number of amides is 2. The lowest BCUT2D eigenvalue weighted by atomic mass is 10.1. The van der Waals surface area contributed by atoms with E-state index in [1.165, 1.54) is 0 Å². The van der Waals surface area contributed by atoms with Crippen LogP contribution in [0, 0.1) is 5.92 Å². The van der Waals surface area contributed by atoms with Gasteiger partial charge in [0.2, 0.25) is 5.91 Å². The lowest BCUT2D eigenvalue weighted by molar-refractivity contribution is -0.119. The molecule has 0 radical (unpaired) electrons. The van der Waals surface area contributed by atoms with Gasteiger partial charge in [-0.3, -0.25) is 9.59 Å². The van der Waals surface area contributed by atoms with E-state index in [-0.39, 0.29) is 17.7 Å². The number of hydrogen-bond acceptors (Lipinski definition) is 3. The van der Waals surface area contributed by atoms with Crippen molar-refractivity contribution in [1.82, 2.24) is 15.1 Å². The quantitative estimate of drug-likeness (QED) is 0.519. The molecule has 6 nitrogen and oxygen atoms in total. The summed E-state index contributed by atoms with van der Waals surface area (Å²) in [6, 6.07) is 14.9. The van der Waals surface area contributed by atoms with Gasteiger partial charge in [0, 0.05) is 23.2 Å². The Kier molecular flexibility index (Phi) is 7.47. The molecule has 2 aromatic carbocycles. The number of nitrogens with one attached hydrogen (secondary N) is 2. The third kappa shape index (κ3) is 5.52. The predicted octanol–water partition coefficient (Wildman–Crippen LogP) is 5.00. The first-order valence-electron chi connectivity index (χ1n) is 10.4. The number of rotatable bonds is 8. The molecular formula is C24H27ClN4O2. The van der Waals surface area contributed by atoms with Gasteiger partial charge in [0.25, 0.3) is 5.91 Å². The average molecular weight is 439 g/mol. The molecule has 31 heavy (non-hydrogen) atoms. The fraction of sp³-hybridized carbons (Fsp3) is 0.292. The molecule has 0 bridgehead atoms. The zero-order chi connectivity index (χ0) is 22.4. The average Bonchev–Trinajstić information content (AvgIpc) is 3.21. The Morgan fingerprint density at radius 2 is 1.90 bits per heavy atom. The first kappa shape index (κ1) is 22.6. The van der Waals surface area contributed by atoms with Crippen molar-refractivity contribution in [2.45, 2.75) is 40.2 Å². The second-order valence-electron chi connectivity index (χ2n) is 7.43. The minimum absolute atomic E-state index is 0.00953. The van der Waals surface area contributed by atoms with Crippen molar-refractivity contribution in [2.24, 2.45) is 5.92 Å². The largest absolute Gasteiger partial charge is 0.348 e. The van der Waals surface area contributed by atoms with Crippen LogP contribution in [-0.2, 0) is 17.8 Å². The molecule has 1 atom stereocenters. The summed E-state index contributed by atoms with van der Waals surface area (Å²) < 4.78 is 1.74. The molecule has 3 aromatic rings. The highest BCUT2D eigenvalue weighted by atomic mass is 35.5. The van der Waals surface area contributed by atoms with Gasteiger partial charge in [-0.2, -0.15) is 5.10 Å². The number of aromatic nitrogens is 2. The maximum atomic E-state index is 12.8. The summed E-state index contributed by atoms with van der Waals surface area (Å²) in [4.78, 5) is 25.0. The fourth-order valence-electron chi connectivity index (χ4n) is 3.22. The van der Waals surface area contributed by atoms with Crippen LogP contribution in [0.15, 0.2) is 54.7 Å². The Morgan fingerprint density at radius 1 is 1.13 bits per heavy atom. The zero-order valence-corrected chi connectivity index (χ0v) is 18.7. The number of halogens is 1. The Morgan fingerprint density at radius 3 is 2.61 bits per heavy atom. The van der Waals surface area contributed by atoms with Gasteiger partial charge in [0.1, 0.15) is 0 Å². The first-order valence-corrected chi connectivity index (χ1v) is 10.8. The molecule has 0 saturated carbocycles. The molecule has 0 aliphatic rings. The van der Waals surface area contributed by atoms with Crippen LogP contribution >= 0.6 is 11.6 Å². The lowest BCUT2D eigenvalue weighted by Crippen LogP contribution is -2.24. The monoisotopic (exact) mass is 438 g/mol. The van der Waals surface area contributed by atoms with Gasteiger partial charge in [0.05, 0.1) is 23.1 Å². The predicted molar refractivity (Wildman–Crippen MR) is 124 cm³/mol. The summed E-state index contributed by atoms with van der Waals surface area (Å²) in [7, 11) is 0. The van der Waals surface area contributed by atoms with E-state index in [9.17, 15) is 9.59 Å². The van der Waals surface area contributed by atoms with Crippen molar-refractivity contribution in [3.8, 4) is 5.69 Å². The minimum atomic E-state index is -0.195. The van der Waals surface area contributed by atoms with Crippen LogP contribution in [0.4, 0.5) is 5.69 Å². The molecule has 7 heteroatoms. The molecule has 0 spiro atoms. The molecule has 2 N–H and O–H groups in total. The van der Waals surface area contributed by atoms with Crippen molar-refractivity contribution in [3.63, 3.8) is 0 Å². The van der Waals surface area contributed by atoms with E-state index in [0.29, 0.717) is 23.6 Å². The highest BCUT2D eigenvalue weighted by Gasteiger charge is 2.17. The van der Waals surface area contributed by atoms with Crippen LogP contribution in [0.25, 0.3) is 5.69 Å². The van der Waals surface area contributed by atoms with Crippen LogP contribution in [-0.4, -0.2) is 21.6 Å².